The number of nitrogens with one attached hydrogen (secondary N) is 1. The van der Waals surface area contributed by atoms with Gasteiger partial charge in [0.1, 0.15) is 0 Å². The van der Waals surface area contributed by atoms with Crippen molar-refractivity contribution in [2.75, 3.05) is 12.4 Å². The standard InChI is InChI=1S/C19H20N2/c1-3-7-16-13-19(20-2)17-12-15(10-11-18(17)21-16)14-8-5-4-6-9-14/h4-6,8-13H,3,7H2,1-2H3,(H,20,21). The third-order valence-corrected chi connectivity index (χ3v) is 3.74. The van der Waals surface area contributed by atoms with E-state index in [9.17, 15) is 0 Å². The molecule has 0 atom stereocenters. The topological polar surface area (TPSA) is 24.9 Å². The van der Waals surface area contributed by atoms with Crippen LogP contribution in [-0.2, 0) is 6.42 Å². The molecule has 3 aromatic rings. The van der Waals surface area contributed by atoms with Crippen LogP contribution < -0.4 is 5.32 Å². The minimum absolute atomic E-state index is 1.02. The Morgan fingerprint density at radius 1 is 0.952 bits per heavy atom. The van der Waals surface area contributed by atoms with Gasteiger partial charge in [0.05, 0.1) is 5.52 Å². The quantitative estimate of drug-likeness (QED) is 0.733. The van der Waals surface area contributed by atoms with Crippen molar-refractivity contribution in [2.45, 2.75) is 19.8 Å². The summed E-state index contributed by atoms with van der Waals surface area (Å²) in [6.07, 6.45) is 2.13. The lowest BCUT2D eigenvalue weighted by Crippen LogP contribution is -1.96. The van der Waals surface area contributed by atoms with Crippen LogP contribution in [-0.4, -0.2) is 12.0 Å². The first kappa shape index (κ1) is 13.6. The Labute approximate surface area is 125 Å². The molecule has 1 N–H and O–H groups in total. The molecule has 0 unspecified atom stereocenters. The maximum Gasteiger partial charge on any atom is 0.0726 e. The average molecular weight is 276 g/mol. The summed E-state index contributed by atoms with van der Waals surface area (Å²) in [6.45, 7) is 2.18. The number of hydrogen-bond acceptors (Lipinski definition) is 2. The van der Waals surface area contributed by atoms with Crippen LogP contribution in [0.15, 0.2) is 54.6 Å². The fourth-order valence-corrected chi connectivity index (χ4v) is 2.68. The van der Waals surface area contributed by atoms with Crippen LogP contribution in [0.25, 0.3) is 22.0 Å². The number of aromatic nitrogens is 1. The van der Waals surface area contributed by atoms with Gasteiger partial charge in [-0.15, -0.1) is 0 Å². The monoisotopic (exact) mass is 276 g/mol. The lowest BCUT2D eigenvalue weighted by molar-refractivity contribution is 0.890. The Bertz CT molecular complexity index is 748. The zero-order chi connectivity index (χ0) is 14.7. The average Bonchev–Trinajstić information content (AvgIpc) is 2.55. The largest absolute Gasteiger partial charge is 0.388 e. The predicted molar refractivity (Wildman–Crippen MR) is 90.7 cm³/mol. The SMILES string of the molecule is CCCc1cc(NC)c2cc(-c3ccccc3)ccc2n1. The molecule has 1 aromatic heterocycles. The van der Waals surface area contributed by atoms with E-state index >= 15 is 0 Å². The number of aryl methyl sites for hydroxylation is 1. The molecule has 2 heteroatoms. The maximum atomic E-state index is 4.77. The van der Waals surface area contributed by atoms with Crippen LogP contribution in [0.4, 0.5) is 5.69 Å². The predicted octanol–water partition coefficient (Wildman–Crippen LogP) is 4.90. The molecule has 1 heterocycles. The maximum absolute atomic E-state index is 4.77. The molecule has 21 heavy (non-hydrogen) atoms. The lowest BCUT2D eigenvalue weighted by Gasteiger charge is -2.11. The molecule has 0 aliphatic heterocycles. The minimum atomic E-state index is 1.02. The molecule has 0 amide bonds. The van der Waals surface area contributed by atoms with Gasteiger partial charge in [0, 0.05) is 23.8 Å². The molecular formula is C19H20N2. The molecule has 106 valence electrons. The summed E-state index contributed by atoms with van der Waals surface area (Å²) in [4.78, 5) is 4.77. The molecule has 0 bridgehead atoms. The first-order valence-electron chi connectivity index (χ1n) is 7.48. The zero-order valence-corrected chi connectivity index (χ0v) is 12.6. The first-order valence-corrected chi connectivity index (χ1v) is 7.48. The minimum Gasteiger partial charge on any atom is -0.388 e. The summed E-state index contributed by atoms with van der Waals surface area (Å²) >= 11 is 0. The van der Waals surface area contributed by atoms with Gasteiger partial charge in [-0.2, -0.15) is 0 Å². The number of fused-ring (bicyclic) bond motifs is 1. The molecule has 0 saturated heterocycles. The highest BCUT2D eigenvalue weighted by molar-refractivity contribution is 5.94. The van der Waals surface area contributed by atoms with Crippen LogP contribution in [0.1, 0.15) is 19.0 Å². The first-order chi connectivity index (χ1) is 10.3. The van der Waals surface area contributed by atoms with Crippen molar-refractivity contribution in [3.05, 3.63) is 60.3 Å². The third-order valence-electron chi connectivity index (χ3n) is 3.74. The molecule has 0 fully saturated rings. The van der Waals surface area contributed by atoms with Crippen LogP contribution in [0, 0.1) is 0 Å². The Balaban J connectivity index is 2.15. The van der Waals surface area contributed by atoms with E-state index in [1.54, 1.807) is 0 Å². The van der Waals surface area contributed by atoms with Crippen LogP contribution in [0.2, 0.25) is 0 Å². The van der Waals surface area contributed by atoms with Crippen molar-refractivity contribution in [1.29, 1.82) is 0 Å². The second-order valence-corrected chi connectivity index (χ2v) is 5.26. The van der Waals surface area contributed by atoms with Crippen LogP contribution >= 0.6 is 0 Å². The van der Waals surface area contributed by atoms with Crippen molar-refractivity contribution in [1.82, 2.24) is 4.98 Å². The normalized spacial score (nSPS) is 10.8. The van der Waals surface area contributed by atoms with E-state index in [0.29, 0.717) is 0 Å². The van der Waals surface area contributed by atoms with Gasteiger partial charge in [-0.05, 0) is 35.7 Å². The van der Waals surface area contributed by atoms with Gasteiger partial charge in [0.2, 0.25) is 0 Å². The van der Waals surface area contributed by atoms with Gasteiger partial charge >= 0.3 is 0 Å². The molecule has 0 spiro atoms. The van der Waals surface area contributed by atoms with Gasteiger partial charge in [-0.1, -0.05) is 49.7 Å². The highest BCUT2D eigenvalue weighted by Crippen LogP contribution is 2.29. The summed E-state index contributed by atoms with van der Waals surface area (Å²) in [7, 11) is 1.97. The molecule has 0 radical (unpaired) electrons. The summed E-state index contributed by atoms with van der Waals surface area (Å²) in [5, 5.41) is 4.49. The van der Waals surface area contributed by atoms with Crippen LogP contribution in [0.5, 0.6) is 0 Å². The van der Waals surface area contributed by atoms with E-state index in [1.165, 1.54) is 16.5 Å². The Kier molecular flexibility index (Phi) is 3.87. The number of pyridine rings is 1. The third kappa shape index (κ3) is 2.75. The van der Waals surface area contributed by atoms with E-state index in [4.69, 9.17) is 4.98 Å². The van der Waals surface area contributed by atoms with Gasteiger partial charge in [0.15, 0.2) is 0 Å². The van der Waals surface area contributed by atoms with E-state index in [1.807, 2.05) is 13.1 Å². The molecule has 3 rings (SSSR count). The summed E-state index contributed by atoms with van der Waals surface area (Å²) in [6, 6.07) is 19.1. The van der Waals surface area contributed by atoms with E-state index in [-0.39, 0.29) is 0 Å². The van der Waals surface area contributed by atoms with Crippen molar-refractivity contribution in [3.8, 4) is 11.1 Å². The van der Waals surface area contributed by atoms with Gasteiger partial charge in [-0.25, -0.2) is 0 Å². The van der Waals surface area contributed by atoms with Crippen LogP contribution in [0.3, 0.4) is 0 Å². The smallest absolute Gasteiger partial charge is 0.0726 e. The highest BCUT2D eigenvalue weighted by atomic mass is 14.8. The molecule has 0 saturated carbocycles. The zero-order valence-electron chi connectivity index (χ0n) is 12.6. The van der Waals surface area contributed by atoms with E-state index in [2.05, 4.69) is 60.8 Å². The fraction of sp³-hybridized carbons (Fsp3) is 0.211. The Hall–Kier alpha value is -2.35. The molecule has 2 aromatic carbocycles. The van der Waals surface area contributed by atoms with Crippen molar-refractivity contribution < 1.29 is 0 Å². The Morgan fingerprint density at radius 3 is 2.48 bits per heavy atom. The number of benzene rings is 2. The highest BCUT2D eigenvalue weighted by Gasteiger charge is 2.06. The molecular weight excluding hydrogens is 256 g/mol. The fourth-order valence-electron chi connectivity index (χ4n) is 2.68. The van der Waals surface area contributed by atoms with Gasteiger partial charge in [-0.3, -0.25) is 4.98 Å². The number of hydrogen-bond donors (Lipinski definition) is 1. The second kappa shape index (κ2) is 5.96. The molecule has 2 nitrogen and oxygen atoms in total. The molecule has 0 aliphatic carbocycles. The summed E-state index contributed by atoms with van der Waals surface area (Å²) in [5.41, 5.74) is 5.83. The molecule has 0 aliphatic rings. The van der Waals surface area contributed by atoms with Crippen molar-refractivity contribution in [3.63, 3.8) is 0 Å². The Morgan fingerprint density at radius 2 is 1.76 bits per heavy atom. The number of rotatable bonds is 4. The van der Waals surface area contributed by atoms with Gasteiger partial charge < -0.3 is 5.32 Å². The lowest BCUT2D eigenvalue weighted by atomic mass is 10.0. The van der Waals surface area contributed by atoms with Crippen molar-refractivity contribution in [2.24, 2.45) is 0 Å². The number of nitrogens with zero attached hydrogens (tertiary/aromatic N) is 1. The summed E-state index contributed by atoms with van der Waals surface area (Å²) in [5.74, 6) is 0. The van der Waals surface area contributed by atoms with E-state index < -0.39 is 0 Å². The van der Waals surface area contributed by atoms with E-state index in [0.717, 1.165) is 29.7 Å². The second-order valence-electron chi connectivity index (χ2n) is 5.26. The van der Waals surface area contributed by atoms with Gasteiger partial charge in [0.25, 0.3) is 0 Å². The number of anilines is 1. The van der Waals surface area contributed by atoms with Crippen molar-refractivity contribution >= 4 is 16.6 Å². The summed E-state index contributed by atoms with van der Waals surface area (Å²) < 4.78 is 0.